The van der Waals surface area contributed by atoms with Gasteiger partial charge in [0.1, 0.15) is 5.82 Å². The van der Waals surface area contributed by atoms with Crippen LogP contribution in [-0.4, -0.2) is 9.97 Å². The summed E-state index contributed by atoms with van der Waals surface area (Å²) >= 11 is 0. The molecule has 0 spiro atoms. The SMILES string of the molecule is CCCCCCCCc1nc(C)c(N)c(CCCCCCCC)n1. The van der Waals surface area contributed by atoms with Gasteiger partial charge in [0, 0.05) is 6.42 Å². The van der Waals surface area contributed by atoms with Crippen molar-refractivity contribution in [3.05, 3.63) is 17.2 Å². The zero-order valence-electron chi connectivity index (χ0n) is 16.4. The maximum absolute atomic E-state index is 6.20. The maximum Gasteiger partial charge on any atom is 0.129 e. The molecule has 1 heterocycles. The molecule has 0 saturated carbocycles. The van der Waals surface area contributed by atoms with Crippen molar-refractivity contribution in [1.29, 1.82) is 0 Å². The van der Waals surface area contributed by atoms with Gasteiger partial charge in [-0.1, -0.05) is 78.1 Å². The number of nitrogens with two attached hydrogens (primary N) is 1. The van der Waals surface area contributed by atoms with Gasteiger partial charge in [-0.2, -0.15) is 0 Å². The number of anilines is 1. The molecule has 0 bridgehead atoms. The van der Waals surface area contributed by atoms with Gasteiger partial charge < -0.3 is 5.73 Å². The number of aromatic nitrogens is 2. The minimum Gasteiger partial charge on any atom is -0.396 e. The van der Waals surface area contributed by atoms with Crippen molar-refractivity contribution in [2.24, 2.45) is 0 Å². The molecule has 1 rings (SSSR count). The second-order valence-electron chi connectivity index (χ2n) is 7.12. The van der Waals surface area contributed by atoms with E-state index >= 15 is 0 Å². The average Bonchev–Trinajstić information content (AvgIpc) is 2.58. The van der Waals surface area contributed by atoms with Crippen LogP contribution in [-0.2, 0) is 12.8 Å². The summed E-state index contributed by atoms with van der Waals surface area (Å²) in [6.07, 6.45) is 17.7. The van der Waals surface area contributed by atoms with E-state index in [0.717, 1.165) is 35.7 Å². The van der Waals surface area contributed by atoms with E-state index in [9.17, 15) is 0 Å². The van der Waals surface area contributed by atoms with Crippen molar-refractivity contribution in [1.82, 2.24) is 9.97 Å². The minimum atomic E-state index is 0.815. The van der Waals surface area contributed by atoms with Crippen LogP contribution in [0.25, 0.3) is 0 Å². The first-order valence-electron chi connectivity index (χ1n) is 10.3. The molecule has 3 heteroatoms. The lowest BCUT2D eigenvalue weighted by atomic mass is 10.1. The molecule has 1 aromatic heterocycles. The number of unbranched alkanes of at least 4 members (excludes halogenated alkanes) is 10. The van der Waals surface area contributed by atoms with E-state index in [4.69, 9.17) is 10.7 Å². The van der Waals surface area contributed by atoms with E-state index in [1.54, 1.807) is 0 Å². The van der Waals surface area contributed by atoms with Crippen molar-refractivity contribution in [2.75, 3.05) is 5.73 Å². The molecular weight excluding hydrogens is 294 g/mol. The molecule has 24 heavy (non-hydrogen) atoms. The molecule has 0 amide bonds. The van der Waals surface area contributed by atoms with Gasteiger partial charge in [-0.05, 0) is 26.2 Å². The molecule has 0 aliphatic rings. The van der Waals surface area contributed by atoms with E-state index in [-0.39, 0.29) is 0 Å². The molecule has 0 saturated heterocycles. The van der Waals surface area contributed by atoms with Crippen LogP contribution < -0.4 is 5.73 Å². The number of hydrogen-bond donors (Lipinski definition) is 1. The van der Waals surface area contributed by atoms with Gasteiger partial charge in [0.25, 0.3) is 0 Å². The highest BCUT2D eigenvalue weighted by Gasteiger charge is 2.08. The van der Waals surface area contributed by atoms with Crippen LogP contribution in [0.15, 0.2) is 0 Å². The van der Waals surface area contributed by atoms with Gasteiger partial charge in [0.15, 0.2) is 0 Å². The molecule has 0 aliphatic heterocycles. The van der Waals surface area contributed by atoms with Crippen molar-refractivity contribution < 1.29 is 0 Å². The third-order valence-corrected chi connectivity index (χ3v) is 4.78. The van der Waals surface area contributed by atoms with Gasteiger partial charge in [-0.15, -0.1) is 0 Å². The molecule has 3 nitrogen and oxygen atoms in total. The number of aryl methyl sites for hydroxylation is 3. The molecule has 0 aliphatic carbocycles. The predicted molar refractivity (Wildman–Crippen MR) is 105 cm³/mol. The molecule has 1 aromatic rings. The lowest BCUT2D eigenvalue weighted by Gasteiger charge is -2.10. The normalized spacial score (nSPS) is 11.1. The average molecular weight is 334 g/mol. The number of nitrogens with zero attached hydrogens (tertiary/aromatic N) is 2. The van der Waals surface area contributed by atoms with Crippen LogP contribution in [0.1, 0.15) is 108 Å². The zero-order chi connectivity index (χ0) is 17.6. The summed E-state index contributed by atoms with van der Waals surface area (Å²) in [6.45, 7) is 6.54. The molecular formula is C21H39N3. The smallest absolute Gasteiger partial charge is 0.129 e. The van der Waals surface area contributed by atoms with Gasteiger partial charge in [-0.3, -0.25) is 0 Å². The summed E-state index contributed by atoms with van der Waals surface area (Å²) in [5.74, 6) is 0.998. The monoisotopic (exact) mass is 333 g/mol. The fourth-order valence-electron chi connectivity index (χ4n) is 3.14. The van der Waals surface area contributed by atoms with E-state index in [0.29, 0.717) is 0 Å². The Morgan fingerprint density at radius 2 is 1.17 bits per heavy atom. The third-order valence-electron chi connectivity index (χ3n) is 4.78. The van der Waals surface area contributed by atoms with Crippen molar-refractivity contribution in [3.8, 4) is 0 Å². The van der Waals surface area contributed by atoms with Crippen molar-refractivity contribution >= 4 is 5.69 Å². The highest BCUT2D eigenvalue weighted by atomic mass is 14.9. The molecule has 0 unspecified atom stereocenters. The summed E-state index contributed by atoms with van der Waals surface area (Å²) in [7, 11) is 0. The lowest BCUT2D eigenvalue weighted by Crippen LogP contribution is -2.08. The number of nitrogen functional groups attached to an aromatic ring is 1. The van der Waals surface area contributed by atoms with Gasteiger partial charge in [-0.25, -0.2) is 9.97 Å². The Balaban J connectivity index is 2.38. The topological polar surface area (TPSA) is 51.8 Å². The zero-order valence-corrected chi connectivity index (χ0v) is 16.4. The molecule has 138 valence electrons. The van der Waals surface area contributed by atoms with E-state index < -0.39 is 0 Å². The molecule has 0 atom stereocenters. The number of hydrogen-bond acceptors (Lipinski definition) is 3. The molecule has 0 radical (unpaired) electrons. The van der Waals surface area contributed by atoms with Crippen molar-refractivity contribution in [3.63, 3.8) is 0 Å². The summed E-state index contributed by atoms with van der Waals surface area (Å²) in [6, 6.07) is 0. The van der Waals surface area contributed by atoms with Crippen molar-refractivity contribution in [2.45, 2.75) is 111 Å². The highest BCUT2D eigenvalue weighted by Crippen LogP contribution is 2.18. The van der Waals surface area contributed by atoms with Crippen LogP contribution in [0.4, 0.5) is 5.69 Å². The third kappa shape index (κ3) is 8.65. The van der Waals surface area contributed by atoms with E-state index in [1.807, 2.05) is 6.92 Å². The lowest BCUT2D eigenvalue weighted by molar-refractivity contribution is 0.594. The molecule has 0 aromatic carbocycles. The Hall–Kier alpha value is -1.12. The fraction of sp³-hybridized carbons (Fsp3) is 0.810. The quantitative estimate of drug-likeness (QED) is 0.414. The maximum atomic E-state index is 6.20. The standard InChI is InChI=1S/C21H39N3/c1-4-6-8-10-12-14-16-19-21(22)18(3)23-20(24-19)17-15-13-11-9-7-5-2/h4-17,22H2,1-3H3. The molecule has 0 fully saturated rings. The van der Waals surface area contributed by atoms with Crippen LogP contribution in [0.5, 0.6) is 0 Å². The van der Waals surface area contributed by atoms with Crippen LogP contribution in [0.3, 0.4) is 0 Å². The summed E-state index contributed by atoms with van der Waals surface area (Å²) in [4.78, 5) is 9.36. The first kappa shape index (κ1) is 20.9. The largest absolute Gasteiger partial charge is 0.396 e. The van der Waals surface area contributed by atoms with E-state index in [1.165, 1.54) is 77.0 Å². The summed E-state index contributed by atoms with van der Waals surface area (Å²) in [5.41, 5.74) is 9.06. The Bertz CT molecular complexity index is 443. The van der Waals surface area contributed by atoms with Gasteiger partial charge in [0.2, 0.25) is 0 Å². The number of rotatable bonds is 14. The first-order chi connectivity index (χ1) is 11.7. The second kappa shape index (κ2) is 13.2. The van der Waals surface area contributed by atoms with Crippen LogP contribution >= 0.6 is 0 Å². The first-order valence-corrected chi connectivity index (χ1v) is 10.3. The Kier molecular flexibility index (Phi) is 11.5. The summed E-state index contributed by atoms with van der Waals surface area (Å²) < 4.78 is 0. The Morgan fingerprint density at radius 1 is 0.667 bits per heavy atom. The Labute approximate surface area is 149 Å². The minimum absolute atomic E-state index is 0.815. The van der Waals surface area contributed by atoms with Gasteiger partial charge in [0.05, 0.1) is 17.1 Å². The van der Waals surface area contributed by atoms with Crippen LogP contribution in [0.2, 0.25) is 0 Å². The highest BCUT2D eigenvalue weighted by molar-refractivity contribution is 5.47. The van der Waals surface area contributed by atoms with Gasteiger partial charge >= 0.3 is 0 Å². The second-order valence-corrected chi connectivity index (χ2v) is 7.12. The Morgan fingerprint density at radius 3 is 1.75 bits per heavy atom. The fourth-order valence-corrected chi connectivity index (χ4v) is 3.14. The molecule has 2 N–H and O–H groups in total. The van der Waals surface area contributed by atoms with Crippen LogP contribution in [0, 0.1) is 6.92 Å². The van der Waals surface area contributed by atoms with E-state index in [2.05, 4.69) is 18.8 Å². The summed E-state index contributed by atoms with van der Waals surface area (Å²) in [5, 5.41) is 0. The predicted octanol–water partition coefficient (Wildman–Crippen LogP) is 6.17.